The molecule has 8 nitrogen and oxygen atoms in total. The summed E-state index contributed by atoms with van der Waals surface area (Å²) in [5.41, 5.74) is 4.63. The minimum absolute atomic E-state index is 0.170. The van der Waals surface area contributed by atoms with Crippen molar-refractivity contribution >= 4 is 35.1 Å². The molecule has 0 radical (unpaired) electrons. The summed E-state index contributed by atoms with van der Waals surface area (Å²) in [7, 11) is 3.89. The Morgan fingerprint density at radius 3 is 2.65 bits per heavy atom. The van der Waals surface area contributed by atoms with Crippen LogP contribution in [0.2, 0.25) is 5.02 Å². The molecule has 9 heteroatoms. The Labute approximate surface area is 203 Å². The lowest BCUT2D eigenvalue weighted by atomic mass is 10.1. The van der Waals surface area contributed by atoms with Crippen molar-refractivity contribution < 1.29 is 9.30 Å². The van der Waals surface area contributed by atoms with Gasteiger partial charge >= 0.3 is 6.01 Å². The number of aromatic nitrogens is 4. The fourth-order valence-electron chi connectivity index (χ4n) is 3.84. The molecule has 0 atom stereocenters. The maximum Gasteiger partial charge on any atom is 0.402 e. The number of nitrogens with one attached hydrogen (secondary N) is 1. The van der Waals surface area contributed by atoms with Crippen molar-refractivity contribution in [1.82, 2.24) is 15.0 Å². The molecule has 0 bridgehead atoms. The smallest absolute Gasteiger partial charge is 0.402 e. The average Bonchev–Trinajstić information content (AvgIpc) is 3.40. The van der Waals surface area contributed by atoms with Crippen molar-refractivity contribution in [2.45, 2.75) is 20.3 Å². The second kappa shape index (κ2) is 8.87. The number of halogens is 1. The largest absolute Gasteiger partial charge is 0.410 e. The summed E-state index contributed by atoms with van der Waals surface area (Å²) in [6, 6.07) is 7.81. The summed E-state index contributed by atoms with van der Waals surface area (Å²) in [6.45, 7) is 4.81. The van der Waals surface area contributed by atoms with Gasteiger partial charge in [-0.05, 0) is 48.5 Å². The minimum atomic E-state index is 0.170. The van der Waals surface area contributed by atoms with Crippen LogP contribution in [0.3, 0.4) is 0 Å². The first-order valence-corrected chi connectivity index (χ1v) is 11.3. The first kappa shape index (κ1) is 22.0. The molecule has 172 valence electrons. The van der Waals surface area contributed by atoms with Crippen molar-refractivity contribution in [3.05, 3.63) is 70.2 Å². The highest BCUT2D eigenvalue weighted by molar-refractivity contribution is 6.33. The molecule has 1 aromatic carbocycles. The van der Waals surface area contributed by atoms with Crippen molar-refractivity contribution in [2.75, 3.05) is 30.9 Å². The number of allylic oxidation sites excluding steroid dienone is 1. The van der Waals surface area contributed by atoms with Gasteiger partial charge in [-0.1, -0.05) is 34.3 Å². The van der Waals surface area contributed by atoms with Gasteiger partial charge in [-0.25, -0.2) is 4.57 Å². The van der Waals surface area contributed by atoms with Gasteiger partial charge in [-0.3, -0.25) is 4.99 Å². The molecule has 0 saturated carbocycles. The number of benzene rings is 1. The van der Waals surface area contributed by atoms with Gasteiger partial charge in [0.25, 0.3) is 5.82 Å². The molecule has 0 amide bonds. The quantitative estimate of drug-likeness (QED) is 0.552. The molecule has 34 heavy (non-hydrogen) atoms. The van der Waals surface area contributed by atoms with Crippen LogP contribution in [0.4, 0.5) is 11.6 Å². The minimum Gasteiger partial charge on any atom is -0.410 e. The third kappa shape index (κ3) is 4.49. The van der Waals surface area contributed by atoms with E-state index < -0.39 is 0 Å². The predicted molar refractivity (Wildman–Crippen MR) is 134 cm³/mol. The van der Waals surface area contributed by atoms with Crippen LogP contribution in [0.15, 0.2) is 59.0 Å². The van der Waals surface area contributed by atoms with E-state index in [0.29, 0.717) is 29.0 Å². The number of amidine groups is 1. The summed E-state index contributed by atoms with van der Waals surface area (Å²) >= 11 is 6.68. The van der Waals surface area contributed by atoms with Crippen LogP contribution in [-0.2, 0) is 6.42 Å². The Morgan fingerprint density at radius 1 is 1.09 bits per heavy atom. The summed E-state index contributed by atoms with van der Waals surface area (Å²) < 4.78 is 7.91. The van der Waals surface area contributed by atoms with E-state index >= 15 is 0 Å². The summed E-state index contributed by atoms with van der Waals surface area (Å²) in [5, 5.41) is 3.81. The predicted octanol–water partition coefficient (Wildman–Crippen LogP) is 4.39. The topological polar surface area (TPSA) is 79.4 Å². The maximum absolute atomic E-state index is 6.68. The van der Waals surface area contributed by atoms with Crippen molar-refractivity contribution in [1.29, 1.82) is 0 Å². The standard InChI is InChI=1S/C25H25ClN7O/c1-15-9-17-5-6-19(24(26)18(17)10-15)34-25-30-21(29-20-11-16(2)13-27-20)12-23(31-25)33-8-7-22(28-14-33)32(3)4/h5-8,10-12,14H,9,13H2,1-4H3,(H,27,29,30,31)/q+1. The molecule has 3 aromatic rings. The van der Waals surface area contributed by atoms with E-state index in [0.717, 1.165) is 23.6 Å². The van der Waals surface area contributed by atoms with E-state index in [2.05, 4.69) is 38.3 Å². The van der Waals surface area contributed by atoms with Crippen LogP contribution in [0.1, 0.15) is 25.0 Å². The van der Waals surface area contributed by atoms with Gasteiger partial charge in [0.2, 0.25) is 12.1 Å². The number of rotatable bonds is 5. The molecular formula is C25H25ClN7O+. The Kier molecular flexibility index (Phi) is 5.75. The lowest BCUT2D eigenvalue weighted by molar-refractivity contribution is -0.602. The van der Waals surface area contributed by atoms with Crippen LogP contribution in [0.25, 0.3) is 11.9 Å². The van der Waals surface area contributed by atoms with E-state index in [9.17, 15) is 0 Å². The summed E-state index contributed by atoms with van der Waals surface area (Å²) in [6.07, 6.45) is 8.59. The monoisotopic (exact) mass is 474 g/mol. The third-order valence-electron chi connectivity index (χ3n) is 5.55. The van der Waals surface area contributed by atoms with E-state index in [-0.39, 0.29) is 6.01 Å². The van der Waals surface area contributed by atoms with Crippen molar-refractivity contribution in [3.8, 4) is 17.6 Å². The Bertz CT molecular complexity index is 1360. The van der Waals surface area contributed by atoms with Crippen LogP contribution in [0.5, 0.6) is 11.8 Å². The molecule has 0 unspecified atom stereocenters. The lowest BCUT2D eigenvalue weighted by Crippen LogP contribution is -2.33. The highest BCUT2D eigenvalue weighted by Gasteiger charge is 2.21. The van der Waals surface area contributed by atoms with Gasteiger partial charge in [0.15, 0.2) is 5.75 Å². The number of anilines is 2. The highest BCUT2D eigenvalue weighted by atomic mass is 35.5. The van der Waals surface area contributed by atoms with E-state index in [1.54, 1.807) is 10.9 Å². The Hall–Kier alpha value is -3.78. The van der Waals surface area contributed by atoms with Gasteiger partial charge in [0, 0.05) is 25.7 Å². The Morgan fingerprint density at radius 2 is 1.94 bits per heavy atom. The SMILES string of the molecule is CC1=CC(Nc2cc(-[n+]3ccc(N(C)C)nc3)nc(Oc3ccc4c(c3Cl)C=C(C)C4)n2)=NC1. The first-order chi connectivity index (χ1) is 16.4. The van der Waals surface area contributed by atoms with Crippen LogP contribution in [0, 0.1) is 0 Å². The molecule has 2 aromatic heterocycles. The zero-order chi connectivity index (χ0) is 23.8. The van der Waals surface area contributed by atoms with Crippen molar-refractivity contribution in [2.24, 2.45) is 4.99 Å². The van der Waals surface area contributed by atoms with Gasteiger partial charge in [0.05, 0.1) is 23.8 Å². The summed E-state index contributed by atoms with van der Waals surface area (Å²) in [5.74, 6) is 3.25. The molecule has 0 spiro atoms. The van der Waals surface area contributed by atoms with Gasteiger partial charge in [0.1, 0.15) is 11.7 Å². The Balaban J connectivity index is 1.52. The molecule has 1 N–H and O–H groups in total. The number of nitrogens with zero attached hydrogens (tertiary/aromatic N) is 6. The van der Waals surface area contributed by atoms with Crippen molar-refractivity contribution in [3.63, 3.8) is 0 Å². The zero-order valence-corrected chi connectivity index (χ0v) is 20.3. The second-order valence-electron chi connectivity index (χ2n) is 8.65. The lowest BCUT2D eigenvalue weighted by Gasteiger charge is -2.10. The van der Waals surface area contributed by atoms with E-state index in [1.807, 2.05) is 62.5 Å². The third-order valence-corrected chi connectivity index (χ3v) is 5.94. The average molecular weight is 475 g/mol. The first-order valence-electron chi connectivity index (χ1n) is 10.9. The van der Waals surface area contributed by atoms with Gasteiger partial charge in [-0.2, -0.15) is 4.98 Å². The maximum atomic E-state index is 6.68. The molecule has 5 rings (SSSR count). The van der Waals surface area contributed by atoms with Crippen LogP contribution in [-0.4, -0.2) is 41.4 Å². The molecule has 1 aliphatic carbocycles. The molecule has 1 aliphatic heterocycles. The zero-order valence-electron chi connectivity index (χ0n) is 19.5. The number of hydrogen-bond acceptors (Lipinski definition) is 7. The molecule has 2 aliphatic rings. The second-order valence-corrected chi connectivity index (χ2v) is 9.03. The number of fused-ring (bicyclic) bond motifs is 1. The molecule has 0 fully saturated rings. The normalized spacial score (nSPS) is 14.3. The summed E-state index contributed by atoms with van der Waals surface area (Å²) in [4.78, 5) is 20.1. The number of aliphatic imine (C=N–C) groups is 1. The number of ether oxygens (including phenoxy) is 1. The van der Waals surface area contributed by atoms with Crippen LogP contribution < -0.4 is 19.5 Å². The molecule has 0 saturated heterocycles. The van der Waals surface area contributed by atoms with Crippen LogP contribution >= 0.6 is 11.6 Å². The fourth-order valence-corrected chi connectivity index (χ4v) is 4.12. The molecular weight excluding hydrogens is 450 g/mol. The van der Waals surface area contributed by atoms with E-state index in [1.165, 1.54) is 16.7 Å². The molecule has 3 heterocycles. The van der Waals surface area contributed by atoms with Gasteiger partial charge < -0.3 is 15.0 Å². The number of hydrogen-bond donors (Lipinski definition) is 1. The van der Waals surface area contributed by atoms with Gasteiger partial charge in [-0.15, -0.1) is 0 Å². The highest BCUT2D eigenvalue weighted by Crippen LogP contribution is 2.38. The van der Waals surface area contributed by atoms with E-state index in [4.69, 9.17) is 16.3 Å². The fraction of sp³-hybridized carbons (Fsp3) is 0.240.